The molecule has 0 aliphatic heterocycles. The van der Waals surface area contributed by atoms with Crippen molar-refractivity contribution in [3.8, 4) is 0 Å². The highest BCUT2D eigenvalue weighted by Gasteiger charge is 2.38. The van der Waals surface area contributed by atoms with Gasteiger partial charge in [0.05, 0.1) is 0 Å². The Morgan fingerprint density at radius 1 is 1.10 bits per heavy atom. The van der Waals surface area contributed by atoms with E-state index in [2.05, 4.69) is 44.9 Å². The Morgan fingerprint density at radius 2 is 1.40 bits per heavy atom. The summed E-state index contributed by atoms with van der Waals surface area (Å²) in [5.74, 6) is 0. The lowest BCUT2D eigenvalue weighted by Gasteiger charge is -1.61. The summed E-state index contributed by atoms with van der Waals surface area (Å²) in [7, 11) is -5.97. The summed E-state index contributed by atoms with van der Waals surface area (Å²) >= 11 is 11.2. The Balaban J connectivity index is 3.65. The van der Waals surface area contributed by atoms with Gasteiger partial charge in [-0.3, -0.25) is 0 Å². The number of hydrogen-bond donors (Lipinski definition) is 2. The van der Waals surface area contributed by atoms with E-state index in [1.807, 2.05) is 0 Å². The van der Waals surface area contributed by atoms with E-state index in [9.17, 15) is 9.13 Å². The SMILES string of the molecule is O=[P+](S)O[P+](=S)O[P+](=O)S. The van der Waals surface area contributed by atoms with Crippen LogP contribution in [0.2, 0.25) is 0 Å². The topological polar surface area (TPSA) is 52.6 Å². The van der Waals surface area contributed by atoms with Gasteiger partial charge >= 0.3 is 21.6 Å². The predicted octanol–water partition coefficient (Wildman–Crippen LogP) is 2.97. The summed E-state index contributed by atoms with van der Waals surface area (Å²) in [5, 5.41) is 0. The standard InChI is InChI=1S/O4P3S3/c1-5(8)3-7(10)4-6(2)9/q+1/p+2. The van der Waals surface area contributed by atoms with Gasteiger partial charge in [-0.2, -0.15) is 0 Å². The van der Waals surface area contributed by atoms with E-state index in [1.165, 1.54) is 0 Å². The fourth-order valence-electron chi connectivity index (χ4n) is 0.129. The monoisotopic (exact) mass is 255 g/mol. The van der Waals surface area contributed by atoms with Gasteiger partial charge in [0.25, 0.3) is 0 Å². The lowest BCUT2D eigenvalue weighted by Crippen LogP contribution is -1.60. The third-order valence-electron chi connectivity index (χ3n) is 0.273. The first kappa shape index (κ1) is 11.3. The number of thiol groups is 2. The molecule has 0 aromatic rings. The van der Waals surface area contributed by atoms with Crippen molar-refractivity contribution in [2.75, 3.05) is 0 Å². The molecular weight excluding hydrogens is 253 g/mol. The van der Waals surface area contributed by atoms with Crippen LogP contribution in [-0.4, -0.2) is 0 Å². The van der Waals surface area contributed by atoms with Crippen LogP contribution in [0.25, 0.3) is 0 Å². The highest BCUT2D eigenvalue weighted by Crippen LogP contribution is 2.48. The minimum Gasteiger partial charge on any atom is -0.0141 e. The van der Waals surface area contributed by atoms with E-state index in [0.29, 0.717) is 0 Å². The van der Waals surface area contributed by atoms with E-state index >= 15 is 0 Å². The molecule has 2 atom stereocenters. The van der Waals surface area contributed by atoms with Crippen molar-refractivity contribution in [1.82, 2.24) is 0 Å². The van der Waals surface area contributed by atoms with Crippen LogP contribution < -0.4 is 0 Å². The molecule has 0 heterocycles. The molecule has 0 aliphatic carbocycles. The minimum absolute atomic E-state index is 1.80. The first-order valence-corrected chi connectivity index (χ1v) is 8.53. The lowest BCUT2D eigenvalue weighted by molar-refractivity contribution is 0.499. The van der Waals surface area contributed by atoms with Crippen LogP contribution in [0.5, 0.6) is 0 Å². The van der Waals surface area contributed by atoms with Gasteiger partial charge in [-0.05, 0) is 9.13 Å². The summed E-state index contributed by atoms with van der Waals surface area (Å²) in [5.41, 5.74) is 0. The normalized spacial score (nSPS) is 14.4. The zero-order chi connectivity index (χ0) is 8.15. The van der Waals surface area contributed by atoms with E-state index in [-0.39, 0.29) is 0 Å². The van der Waals surface area contributed by atoms with Gasteiger partial charge in [0.2, 0.25) is 11.8 Å². The summed E-state index contributed by atoms with van der Waals surface area (Å²) in [6, 6.07) is 0. The maximum absolute atomic E-state index is 10.2. The molecule has 2 unspecified atom stereocenters. The fourth-order valence-corrected chi connectivity index (χ4v) is 4.60. The predicted molar refractivity (Wildman–Crippen MR) is 49.6 cm³/mol. The second-order valence-corrected chi connectivity index (χ2v) is 6.42. The van der Waals surface area contributed by atoms with Crippen LogP contribution in [0.1, 0.15) is 0 Å². The molecule has 0 rings (SSSR count). The Kier molecular flexibility index (Phi) is 6.72. The zero-order valence-corrected chi connectivity index (χ0v) is 9.57. The van der Waals surface area contributed by atoms with Crippen molar-refractivity contribution < 1.29 is 17.8 Å². The molecule has 0 aromatic carbocycles. The molecule has 0 aliphatic rings. The Morgan fingerprint density at radius 3 is 1.60 bits per heavy atom. The molecule has 10 heavy (non-hydrogen) atoms. The molecule has 0 radical (unpaired) electrons. The second kappa shape index (κ2) is 5.92. The second-order valence-electron chi connectivity index (χ2n) is 0.863. The van der Waals surface area contributed by atoms with Crippen LogP contribution in [0.3, 0.4) is 0 Å². The van der Waals surface area contributed by atoms with Gasteiger partial charge in [-0.15, -0.1) is 0 Å². The van der Waals surface area contributed by atoms with Crippen molar-refractivity contribution in [1.29, 1.82) is 0 Å². The summed E-state index contributed by atoms with van der Waals surface area (Å²) in [4.78, 5) is 0. The number of rotatable bonds is 4. The van der Waals surface area contributed by atoms with Gasteiger partial charge in [0.15, 0.2) is 0 Å². The molecule has 0 saturated carbocycles. The molecule has 4 nitrogen and oxygen atoms in total. The van der Waals surface area contributed by atoms with Gasteiger partial charge in [0.1, 0.15) is 33.1 Å². The third-order valence-corrected chi connectivity index (χ3v) is 4.97. The Labute approximate surface area is 75.7 Å². The van der Waals surface area contributed by atoms with Gasteiger partial charge in [-0.25, -0.2) is 0 Å². The summed E-state index contributed by atoms with van der Waals surface area (Å²) < 4.78 is 29.1. The average Bonchev–Trinajstić information content (AvgIpc) is 1.58. The van der Waals surface area contributed by atoms with E-state index in [1.54, 1.807) is 0 Å². The van der Waals surface area contributed by atoms with E-state index in [4.69, 9.17) is 0 Å². The lowest BCUT2D eigenvalue weighted by atomic mass is 15.8. The quantitative estimate of drug-likeness (QED) is 0.597. The molecule has 0 spiro atoms. The first-order valence-electron chi connectivity index (χ1n) is 1.68. The molecular formula is H2O4P3S3+3. The van der Waals surface area contributed by atoms with Gasteiger partial charge < -0.3 is 0 Å². The van der Waals surface area contributed by atoms with Crippen molar-refractivity contribution in [2.24, 2.45) is 0 Å². The highest BCUT2D eigenvalue weighted by atomic mass is 32.7. The molecule has 10 heteroatoms. The molecule has 0 N–H and O–H groups in total. The van der Waals surface area contributed by atoms with Crippen molar-refractivity contribution in [3.05, 3.63) is 0 Å². The van der Waals surface area contributed by atoms with Crippen LogP contribution in [0.15, 0.2) is 0 Å². The summed E-state index contributed by atoms with van der Waals surface area (Å²) in [6.45, 7) is 0. The molecule has 0 saturated heterocycles. The van der Waals surface area contributed by atoms with Crippen LogP contribution in [0.4, 0.5) is 0 Å². The smallest absolute Gasteiger partial charge is 0.0141 e. The molecule has 0 bridgehead atoms. The molecule has 0 aromatic heterocycles. The third kappa shape index (κ3) is 7.45. The van der Waals surface area contributed by atoms with Crippen LogP contribution in [-0.2, 0) is 29.6 Å². The minimum atomic E-state index is -2.09. The molecule has 0 amide bonds. The molecule has 56 valence electrons. The average molecular weight is 255 g/mol. The number of hydrogen-bond acceptors (Lipinski definition) is 5. The van der Waals surface area contributed by atoms with E-state index in [0.717, 1.165) is 0 Å². The summed E-state index contributed by atoms with van der Waals surface area (Å²) in [6.07, 6.45) is 0. The van der Waals surface area contributed by atoms with Crippen LogP contribution in [0, 0.1) is 0 Å². The van der Waals surface area contributed by atoms with Crippen molar-refractivity contribution in [3.63, 3.8) is 0 Å². The Bertz CT molecular complexity index is 159. The molecule has 0 fully saturated rings. The van der Waals surface area contributed by atoms with E-state index < -0.39 is 21.6 Å². The largest absolute Gasteiger partial charge is 0.633 e. The highest BCUT2D eigenvalue weighted by molar-refractivity contribution is 8.41. The Hall–Kier alpha value is 1.34. The van der Waals surface area contributed by atoms with Gasteiger partial charge in [-0.1, -0.05) is 0 Å². The fraction of sp³-hybridized carbons (Fsp3) is 0. The maximum atomic E-state index is 10.2. The van der Waals surface area contributed by atoms with Crippen molar-refractivity contribution in [2.45, 2.75) is 0 Å². The zero-order valence-electron chi connectivity index (χ0n) is 4.28. The first-order chi connectivity index (χ1) is 4.52. The van der Waals surface area contributed by atoms with Crippen LogP contribution >= 0.6 is 46.1 Å². The maximum Gasteiger partial charge on any atom is 0.633 e. The van der Waals surface area contributed by atoms with Gasteiger partial charge in [0, 0.05) is 0 Å². The van der Waals surface area contributed by atoms with Crippen molar-refractivity contribution >= 4 is 57.9 Å².